The van der Waals surface area contributed by atoms with Gasteiger partial charge in [0.25, 0.3) is 5.91 Å². The van der Waals surface area contributed by atoms with Crippen molar-refractivity contribution in [2.45, 2.75) is 31.1 Å². The van der Waals surface area contributed by atoms with Crippen molar-refractivity contribution in [3.05, 3.63) is 77.9 Å². The molecule has 7 nitrogen and oxygen atoms in total. The fourth-order valence-corrected chi connectivity index (χ4v) is 5.27. The van der Waals surface area contributed by atoms with E-state index in [0.29, 0.717) is 11.6 Å². The summed E-state index contributed by atoms with van der Waals surface area (Å²) >= 11 is 0. The fourth-order valence-electron chi connectivity index (χ4n) is 3.85. The summed E-state index contributed by atoms with van der Waals surface area (Å²) in [6, 6.07) is 14.6. The van der Waals surface area contributed by atoms with Crippen LogP contribution in [0.15, 0.2) is 65.7 Å². The quantitative estimate of drug-likeness (QED) is 0.551. The molecule has 2 heterocycles. The molecule has 2 aromatic carbocycles. The Kier molecular flexibility index (Phi) is 6.62. The molecule has 0 aliphatic carbocycles. The third kappa shape index (κ3) is 4.84. The van der Waals surface area contributed by atoms with Gasteiger partial charge in [-0.3, -0.25) is 4.79 Å². The van der Waals surface area contributed by atoms with Gasteiger partial charge in [0.05, 0.1) is 10.6 Å². The first-order valence-corrected chi connectivity index (χ1v) is 12.4. The molecule has 1 saturated heterocycles. The molecule has 0 bridgehead atoms. The minimum atomic E-state index is -3.62. The number of hydrogen-bond acceptors (Lipinski definition) is 4. The third-order valence-electron chi connectivity index (χ3n) is 6.11. The maximum atomic E-state index is 13.5. The number of benzene rings is 2. The van der Waals surface area contributed by atoms with Crippen LogP contribution in [0.1, 0.15) is 42.2 Å². The Balaban J connectivity index is 1.41. The van der Waals surface area contributed by atoms with Crippen molar-refractivity contribution >= 4 is 15.9 Å². The zero-order chi connectivity index (χ0) is 23.6. The molecule has 1 amide bonds. The maximum Gasteiger partial charge on any atom is 0.274 e. The largest absolute Gasteiger partial charge is 0.335 e. The standard InChI is InChI=1S/C24H27FN4O3S/c1-3-18(2)19-7-9-22(10-8-19)33(31,32)28-15-13-27(14-16-28)24(30)23-11-12-29(26-23)21-6-4-5-20(25)17-21/h4-12,17-18H,3,13-16H2,1-2H3. The Labute approximate surface area is 193 Å². The van der Waals surface area contributed by atoms with E-state index in [4.69, 9.17) is 0 Å². The topological polar surface area (TPSA) is 75.5 Å². The number of rotatable bonds is 6. The summed E-state index contributed by atoms with van der Waals surface area (Å²) in [5, 5.41) is 4.27. The van der Waals surface area contributed by atoms with E-state index in [1.165, 1.54) is 21.1 Å². The molecule has 0 saturated carbocycles. The first-order valence-electron chi connectivity index (χ1n) is 11.0. The second-order valence-corrected chi connectivity index (χ2v) is 10.1. The summed E-state index contributed by atoms with van der Waals surface area (Å²) in [7, 11) is -3.62. The summed E-state index contributed by atoms with van der Waals surface area (Å²) in [6.45, 7) is 5.19. The maximum absolute atomic E-state index is 13.5. The smallest absolute Gasteiger partial charge is 0.274 e. The van der Waals surface area contributed by atoms with Crippen LogP contribution in [0.25, 0.3) is 5.69 Å². The minimum Gasteiger partial charge on any atom is -0.335 e. The van der Waals surface area contributed by atoms with Gasteiger partial charge in [-0.05, 0) is 54.3 Å². The monoisotopic (exact) mass is 470 g/mol. The van der Waals surface area contributed by atoms with Crippen molar-refractivity contribution in [3.63, 3.8) is 0 Å². The molecule has 1 fully saturated rings. The average Bonchev–Trinajstić information content (AvgIpc) is 3.34. The van der Waals surface area contributed by atoms with Gasteiger partial charge in [-0.2, -0.15) is 9.40 Å². The highest BCUT2D eigenvalue weighted by Crippen LogP contribution is 2.23. The van der Waals surface area contributed by atoms with Crippen LogP contribution < -0.4 is 0 Å². The highest BCUT2D eigenvalue weighted by Gasteiger charge is 2.31. The first-order chi connectivity index (χ1) is 15.8. The van der Waals surface area contributed by atoms with Crippen LogP contribution in [0, 0.1) is 5.82 Å². The number of hydrogen-bond donors (Lipinski definition) is 0. The van der Waals surface area contributed by atoms with Crippen LogP contribution in [0.5, 0.6) is 0 Å². The summed E-state index contributed by atoms with van der Waals surface area (Å²) in [5.74, 6) is -0.288. The highest BCUT2D eigenvalue weighted by molar-refractivity contribution is 7.89. The van der Waals surface area contributed by atoms with Crippen molar-refractivity contribution in [2.75, 3.05) is 26.2 Å². The van der Waals surface area contributed by atoms with Gasteiger partial charge >= 0.3 is 0 Å². The van der Waals surface area contributed by atoms with Gasteiger partial charge in [0.2, 0.25) is 10.0 Å². The number of carbonyl (C=O) groups excluding carboxylic acids is 1. The molecular formula is C24H27FN4O3S. The highest BCUT2D eigenvalue weighted by atomic mass is 32.2. The Bertz CT molecular complexity index is 1230. The van der Waals surface area contributed by atoms with Crippen LogP contribution in [0.3, 0.4) is 0 Å². The molecular weight excluding hydrogens is 443 g/mol. The van der Waals surface area contributed by atoms with Crippen molar-refractivity contribution in [3.8, 4) is 5.69 Å². The zero-order valence-corrected chi connectivity index (χ0v) is 19.5. The van der Waals surface area contributed by atoms with E-state index in [1.54, 1.807) is 41.4 Å². The molecule has 0 N–H and O–H groups in total. The van der Waals surface area contributed by atoms with E-state index >= 15 is 0 Å². The average molecular weight is 471 g/mol. The van der Waals surface area contributed by atoms with E-state index < -0.39 is 10.0 Å². The summed E-state index contributed by atoms with van der Waals surface area (Å²) in [4.78, 5) is 14.7. The number of carbonyl (C=O) groups is 1. The second-order valence-electron chi connectivity index (χ2n) is 8.20. The van der Waals surface area contributed by atoms with Crippen molar-refractivity contribution in [2.24, 2.45) is 0 Å². The van der Waals surface area contributed by atoms with E-state index in [9.17, 15) is 17.6 Å². The summed E-state index contributed by atoms with van der Waals surface area (Å²) in [5.41, 5.74) is 1.87. The number of halogens is 1. The van der Waals surface area contributed by atoms with Crippen molar-refractivity contribution in [1.29, 1.82) is 0 Å². The number of sulfonamides is 1. The predicted octanol–water partition coefficient (Wildman–Crippen LogP) is 3.67. The fraction of sp³-hybridized carbons (Fsp3) is 0.333. The third-order valence-corrected chi connectivity index (χ3v) is 8.02. The van der Waals surface area contributed by atoms with Crippen LogP contribution in [0.2, 0.25) is 0 Å². The number of piperazine rings is 1. The van der Waals surface area contributed by atoms with Crippen LogP contribution in [0.4, 0.5) is 4.39 Å². The lowest BCUT2D eigenvalue weighted by Gasteiger charge is -2.33. The SMILES string of the molecule is CCC(C)c1ccc(S(=O)(=O)N2CCN(C(=O)c3ccn(-c4cccc(F)c4)n3)CC2)cc1. The molecule has 9 heteroatoms. The van der Waals surface area contributed by atoms with E-state index in [0.717, 1.165) is 12.0 Å². The van der Waals surface area contributed by atoms with E-state index in [-0.39, 0.29) is 48.5 Å². The number of nitrogens with zero attached hydrogens (tertiary/aromatic N) is 4. The molecule has 3 aromatic rings. The van der Waals surface area contributed by atoms with Crippen LogP contribution >= 0.6 is 0 Å². The summed E-state index contributed by atoms with van der Waals surface area (Å²) in [6.07, 6.45) is 2.59. The molecule has 0 spiro atoms. The van der Waals surface area contributed by atoms with Gasteiger partial charge in [-0.1, -0.05) is 32.0 Å². The Hall–Kier alpha value is -3.04. The Morgan fingerprint density at radius 1 is 1.06 bits per heavy atom. The lowest BCUT2D eigenvalue weighted by atomic mass is 9.99. The molecule has 33 heavy (non-hydrogen) atoms. The molecule has 1 aliphatic rings. The zero-order valence-electron chi connectivity index (χ0n) is 18.7. The molecule has 1 aliphatic heterocycles. The molecule has 174 valence electrons. The molecule has 0 radical (unpaired) electrons. The molecule has 1 atom stereocenters. The normalized spacial score (nSPS) is 16.0. The number of amides is 1. The van der Waals surface area contributed by atoms with Crippen molar-refractivity contribution < 1.29 is 17.6 Å². The van der Waals surface area contributed by atoms with Crippen LogP contribution in [-0.2, 0) is 10.0 Å². The lowest BCUT2D eigenvalue weighted by Crippen LogP contribution is -2.50. The first kappa shape index (κ1) is 23.1. The van der Waals surface area contributed by atoms with Gasteiger partial charge in [0.1, 0.15) is 5.82 Å². The van der Waals surface area contributed by atoms with Gasteiger partial charge in [0.15, 0.2) is 5.69 Å². The van der Waals surface area contributed by atoms with Crippen molar-refractivity contribution in [1.82, 2.24) is 19.0 Å². The molecule has 1 aromatic heterocycles. The minimum absolute atomic E-state index is 0.214. The van der Waals surface area contributed by atoms with E-state index in [2.05, 4.69) is 18.9 Å². The number of aromatic nitrogens is 2. The summed E-state index contributed by atoms with van der Waals surface area (Å²) < 4.78 is 42.4. The van der Waals surface area contributed by atoms with Gasteiger partial charge in [0, 0.05) is 32.4 Å². The van der Waals surface area contributed by atoms with E-state index in [1.807, 2.05) is 12.1 Å². The van der Waals surface area contributed by atoms with Gasteiger partial charge in [-0.25, -0.2) is 17.5 Å². The lowest BCUT2D eigenvalue weighted by molar-refractivity contribution is 0.0691. The van der Waals surface area contributed by atoms with Gasteiger partial charge < -0.3 is 4.90 Å². The second kappa shape index (κ2) is 9.44. The Morgan fingerprint density at radius 2 is 1.76 bits per heavy atom. The molecule has 4 rings (SSSR count). The Morgan fingerprint density at radius 3 is 2.39 bits per heavy atom. The predicted molar refractivity (Wildman–Crippen MR) is 123 cm³/mol. The molecule has 1 unspecified atom stereocenters. The van der Waals surface area contributed by atoms with Gasteiger partial charge in [-0.15, -0.1) is 0 Å². The van der Waals surface area contributed by atoms with Crippen LogP contribution in [-0.4, -0.2) is 59.5 Å².